The molecule has 0 radical (unpaired) electrons. The van der Waals surface area contributed by atoms with Gasteiger partial charge in [-0.3, -0.25) is 10.2 Å². The predicted molar refractivity (Wildman–Crippen MR) is 73.5 cm³/mol. The number of hydrazine groups is 1. The topological polar surface area (TPSA) is 32.3 Å². The molecule has 0 aliphatic carbocycles. The molecule has 0 atom stereocenters. The first-order valence-corrected chi connectivity index (χ1v) is 6.81. The zero-order valence-electron chi connectivity index (χ0n) is 11.7. The van der Waals surface area contributed by atoms with Crippen molar-refractivity contribution in [2.75, 3.05) is 13.1 Å². The molecule has 2 rings (SSSR count). The lowest BCUT2D eigenvalue weighted by Crippen LogP contribution is -2.44. The quantitative estimate of drug-likeness (QED) is 0.868. The molecule has 0 saturated carbocycles. The van der Waals surface area contributed by atoms with Crippen LogP contribution in [0.5, 0.6) is 0 Å². The van der Waals surface area contributed by atoms with E-state index in [0.717, 1.165) is 25.0 Å². The lowest BCUT2D eigenvalue weighted by atomic mass is 10.1. The Hall–Kier alpha value is -1.82. The van der Waals surface area contributed by atoms with Crippen molar-refractivity contribution in [2.24, 2.45) is 0 Å². The lowest BCUT2D eigenvalue weighted by molar-refractivity contribution is -0.137. The summed E-state index contributed by atoms with van der Waals surface area (Å²) in [6.07, 6.45) is -0.565. The Labute approximate surface area is 121 Å². The summed E-state index contributed by atoms with van der Waals surface area (Å²) in [5.41, 5.74) is 3.17. The zero-order chi connectivity index (χ0) is 15.5. The Morgan fingerprint density at radius 2 is 2.14 bits per heavy atom. The van der Waals surface area contributed by atoms with Crippen molar-refractivity contribution in [3.8, 4) is 0 Å². The highest BCUT2D eigenvalue weighted by atomic mass is 19.4. The minimum atomic E-state index is -4.44. The van der Waals surface area contributed by atoms with Crippen molar-refractivity contribution in [3.63, 3.8) is 0 Å². The summed E-state index contributed by atoms with van der Waals surface area (Å²) in [5.74, 6) is -0.519. The molecule has 0 unspecified atom stereocenters. The molecule has 21 heavy (non-hydrogen) atoms. The fourth-order valence-electron chi connectivity index (χ4n) is 2.18. The third-order valence-corrected chi connectivity index (χ3v) is 3.47. The Morgan fingerprint density at radius 3 is 2.71 bits per heavy atom. The van der Waals surface area contributed by atoms with Crippen molar-refractivity contribution in [1.29, 1.82) is 0 Å². The van der Waals surface area contributed by atoms with E-state index in [4.69, 9.17) is 0 Å². The van der Waals surface area contributed by atoms with Crippen LogP contribution < -0.4 is 5.43 Å². The van der Waals surface area contributed by atoms with Gasteiger partial charge in [0.05, 0.1) is 5.56 Å². The van der Waals surface area contributed by atoms with Gasteiger partial charge in [0.1, 0.15) is 0 Å². The summed E-state index contributed by atoms with van der Waals surface area (Å²) in [7, 11) is 0. The molecule has 6 heteroatoms. The van der Waals surface area contributed by atoms with Crippen molar-refractivity contribution in [3.05, 3.63) is 47.0 Å². The maximum absolute atomic E-state index is 12.6. The largest absolute Gasteiger partial charge is 0.416 e. The Balaban J connectivity index is 2.03. The summed E-state index contributed by atoms with van der Waals surface area (Å²) in [4.78, 5) is 12.0. The number of hydrogen-bond acceptors (Lipinski definition) is 2. The number of nitrogens with zero attached hydrogens (tertiary/aromatic N) is 1. The summed E-state index contributed by atoms with van der Waals surface area (Å²) < 4.78 is 37.9. The number of benzene rings is 1. The number of rotatable bonds is 3. The van der Waals surface area contributed by atoms with Crippen LogP contribution in [-0.2, 0) is 6.18 Å². The van der Waals surface area contributed by atoms with Crippen LogP contribution in [0, 0.1) is 0 Å². The van der Waals surface area contributed by atoms with Crippen molar-refractivity contribution in [2.45, 2.75) is 25.9 Å². The van der Waals surface area contributed by atoms with E-state index in [2.05, 4.69) is 12.3 Å². The molecule has 1 aliphatic heterocycles. The molecule has 1 heterocycles. The molecule has 0 aromatic heterocycles. The third kappa shape index (κ3) is 4.07. The molecular formula is C15H17F3N2O. The van der Waals surface area contributed by atoms with Crippen molar-refractivity contribution >= 4 is 5.91 Å². The van der Waals surface area contributed by atoms with E-state index in [1.165, 1.54) is 17.7 Å². The first-order valence-electron chi connectivity index (χ1n) is 6.81. The second kappa shape index (κ2) is 6.30. The van der Waals surface area contributed by atoms with E-state index in [1.54, 1.807) is 5.01 Å². The number of nitrogens with one attached hydrogen (secondary N) is 1. The summed E-state index contributed by atoms with van der Waals surface area (Å²) >= 11 is 0. The van der Waals surface area contributed by atoms with Crippen LogP contribution in [0.2, 0.25) is 0 Å². The maximum atomic E-state index is 12.6. The molecule has 3 nitrogen and oxygen atoms in total. The molecule has 0 spiro atoms. The Kier molecular flexibility index (Phi) is 4.67. The number of carbonyl (C=O) groups is 1. The van der Waals surface area contributed by atoms with Crippen LogP contribution in [0.4, 0.5) is 13.2 Å². The fraction of sp³-hybridized carbons (Fsp3) is 0.400. The fourth-order valence-corrected chi connectivity index (χ4v) is 2.18. The first kappa shape index (κ1) is 15.6. The first-order chi connectivity index (χ1) is 9.90. The highest BCUT2D eigenvalue weighted by molar-refractivity contribution is 5.94. The van der Waals surface area contributed by atoms with E-state index < -0.39 is 17.6 Å². The van der Waals surface area contributed by atoms with E-state index in [0.29, 0.717) is 13.1 Å². The second-order valence-corrected chi connectivity index (χ2v) is 4.93. The molecule has 0 bridgehead atoms. The number of halogens is 3. The van der Waals surface area contributed by atoms with Gasteiger partial charge in [0.2, 0.25) is 0 Å². The second-order valence-electron chi connectivity index (χ2n) is 4.93. The molecule has 114 valence electrons. The Morgan fingerprint density at radius 1 is 1.38 bits per heavy atom. The molecule has 1 amide bonds. The number of amides is 1. The average molecular weight is 298 g/mol. The molecule has 1 aromatic rings. The number of hydrogen-bond donors (Lipinski definition) is 1. The summed E-state index contributed by atoms with van der Waals surface area (Å²) in [6.45, 7) is 3.32. The van der Waals surface area contributed by atoms with E-state index in [1.807, 2.05) is 6.08 Å². The van der Waals surface area contributed by atoms with Gasteiger partial charge in [-0.2, -0.15) is 13.2 Å². The molecular weight excluding hydrogens is 281 g/mol. The minimum absolute atomic E-state index is 0.00935. The highest BCUT2D eigenvalue weighted by Gasteiger charge is 2.31. The zero-order valence-corrected chi connectivity index (χ0v) is 11.7. The van der Waals surface area contributed by atoms with Gasteiger partial charge < -0.3 is 0 Å². The standard InChI is InChI=1S/C15H17F3N2O/c1-2-11-6-8-20(9-7-11)19-14(21)12-4-3-5-13(10-12)15(16,17)18/h3-6,10H,2,7-9H2,1H3,(H,19,21). The van der Waals surface area contributed by atoms with E-state index in [-0.39, 0.29) is 5.56 Å². The van der Waals surface area contributed by atoms with Crippen LogP contribution in [0.25, 0.3) is 0 Å². The minimum Gasteiger partial charge on any atom is -0.284 e. The lowest BCUT2D eigenvalue weighted by Gasteiger charge is -2.26. The molecule has 0 fully saturated rings. The van der Waals surface area contributed by atoms with Gasteiger partial charge in [-0.25, -0.2) is 5.01 Å². The van der Waals surface area contributed by atoms with E-state index in [9.17, 15) is 18.0 Å². The van der Waals surface area contributed by atoms with E-state index >= 15 is 0 Å². The van der Waals surface area contributed by atoms with Crippen molar-refractivity contribution in [1.82, 2.24) is 10.4 Å². The van der Waals surface area contributed by atoms with Gasteiger partial charge in [-0.15, -0.1) is 0 Å². The van der Waals surface area contributed by atoms with Gasteiger partial charge in [0.15, 0.2) is 0 Å². The molecule has 1 aliphatic rings. The normalized spacial score (nSPS) is 16.5. The van der Waals surface area contributed by atoms with Crippen LogP contribution in [0.15, 0.2) is 35.9 Å². The molecule has 1 N–H and O–H groups in total. The van der Waals surface area contributed by atoms with Gasteiger partial charge in [0.25, 0.3) is 5.91 Å². The highest BCUT2D eigenvalue weighted by Crippen LogP contribution is 2.29. The maximum Gasteiger partial charge on any atom is 0.416 e. The smallest absolute Gasteiger partial charge is 0.284 e. The van der Waals surface area contributed by atoms with Gasteiger partial charge in [0, 0.05) is 18.7 Å². The van der Waals surface area contributed by atoms with Crippen molar-refractivity contribution < 1.29 is 18.0 Å². The summed E-state index contributed by atoms with van der Waals surface area (Å²) in [6, 6.07) is 4.44. The van der Waals surface area contributed by atoms with Crippen LogP contribution in [-0.4, -0.2) is 24.0 Å². The molecule has 1 aromatic carbocycles. The van der Waals surface area contributed by atoms with Gasteiger partial charge >= 0.3 is 6.18 Å². The third-order valence-electron chi connectivity index (χ3n) is 3.47. The number of alkyl halides is 3. The SMILES string of the molecule is CCC1=CCN(NC(=O)c2cccc(C(F)(F)F)c2)CC1. The van der Waals surface area contributed by atoms with Gasteiger partial charge in [-0.05, 0) is 31.0 Å². The average Bonchev–Trinajstić information content (AvgIpc) is 2.47. The predicted octanol–water partition coefficient (Wildman–Crippen LogP) is 3.39. The van der Waals surface area contributed by atoms with Crippen LogP contribution >= 0.6 is 0 Å². The van der Waals surface area contributed by atoms with Gasteiger partial charge in [-0.1, -0.05) is 24.6 Å². The monoisotopic (exact) mass is 298 g/mol. The number of carbonyl (C=O) groups excluding carboxylic acids is 1. The van der Waals surface area contributed by atoms with Crippen LogP contribution in [0.3, 0.4) is 0 Å². The Bertz CT molecular complexity index is 552. The molecule has 0 saturated heterocycles. The van der Waals surface area contributed by atoms with Crippen LogP contribution in [0.1, 0.15) is 35.7 Å². The summed E-state index contributed by atoms with van der Waals surface area (Å²) in [5, 5.41) is 1.71.